The van der Waals surface area contributed by atoms with E-state index in [0.717, 1.165) is 23.7 Å². The van der Waals surface area contributed by atoms with E-state index >= 15 is 0 Å². The molecular formula is C21H27N5O2. The number of carbonyl (C=O) groups excluding carboxylic acids is 2. The molecule has 0 spiro atoms. The maximum atomic E-state index is 12.8. The van der Waals surface area contributed by atoms with Crippen molar-refractivity contribution >= 4 is 22.7 Å². The zero-order chi connectivity index (χ0) is 19.5. The van der Waals surface area contributed by atoms with Crippen LogP contribution in [0.3, 0.4) is 0 Å². The number of piperazine rings is 1. The van der Waals surface area contributed by atoms with Crippen LogP contribution in [0.15, 0.2) is 36.5 Å². The highest BCUT2D eigenvalue weighted by atomic mass is 16.2. The van der Waals surface area contributed by atoms with Gasteiger partial charge in [-0.3, -0.25) is 14.6 Å². The van der Waals surface area contributed by atoms with Gasteiger partial charge >= 0.3 is 0 Å². The molecule has 2 aliphatic heterocycles. The Morgan fingerprint density at radius 2 is 2.14 bits per heavy atom. The minimum Gasteiger partial charge on any atom is -0.343 e. The van der Waals surface area contributed by atoms with Crippen molar-refractivity contribution in [1.29, 1.82) is 0 Å². The summed E-state index contributed by atoms with van der Waals surface area (Å²) in [4.78, 5) is 31.3. The largest absolute Gasteiger partial charge is 0.343 e. The first-order valence-corrected chi connectivity index (χ1v) is 10.0. The fourth-order valence-electron chi connectivity index (χ4n) is 4.19. The first-order valence-electron chi connectivity index (χ1n) is 10.0. The summed E-state index contributed by atoms with van der Waals surface area (Å²) in [6.07, 6.45) is 4.83. The van der Waals surface area contributed by atoms with E-state index in [4.69, 9.17) is 5.73 Å². The predicted molar refractivity (Wildman–Crippen MR) is 107 cm³/mol. The van der Waals surface area contributed by atoms with Crippen LogP contribution in [0.4, 0.5) is 0 Å². The van der Waals surface area contributed by atoms with Gasteiger partial charge in [0.1, 0.15) is 12.1 Å². The SMILES string of the molecule is NCCCC[C@@H]1NC(=O)[C@@H]2C[C@H](NCc3ccc4ncccc4c3)CN2C1=O. The van der Waals surface area contributed by atoms with Gasteiger partial charge in [-0.05, 0) is 56.0 Å². The van der Waals surface area contributed by atoms with Crippen molar-refractivity contribution < 1.29 is 9.59 Å². The molecule has 2 saturated heterocycles. The monoisotopic (exact) mass is 381 g/mol. The van der Waals surface area contributed by atoms with E-state index in [2.05, 4.69) is 33.8 Å². The van der Waals surface area contributed by atoms with Gasteiger partial charge in [-0.15, -0.1) is 0 Å². The lowest BCUT2D eigenvalue weighted by Crippen LogP contribution is -2.61. The highest BCUT2D eigenvalue weighted by molar-refractivity contribution is 5.97. The molecule has 28 heavy (non-hydrogen) atoms. The van der Waals surface area contributed by atoms with Gasteiger partial charge in [0.15, 0.2) is 0 Å². The van der Waals surface area contributed by atoms with Crippen LogP contribution in [-0.4, -0.2) is 52.9 Å². The standard InChI is InChI=1S/C21H27N5O2/c22-8-2-1-5-18-21(28)26-13-16(11-19(26)20(27)25-18)24-12-14-6-7-17-15(10-14)4-3-9-23-17/h3-4,6-7,9-10,16,18-19,24H,1-2,5,8,11-13,22H2,(H,25,27)/t16-,18-,19-/m0/s1. The average Bonchev–Trinajstić information content (AvgIpc) is 3.15. The predicted octanol–water partition coefficient (Wildman–Crippen LogP) is 0.921. The molecule has 3 atom stereocenters. The molecule has 2 aromatic rings. The maximum absolute atomic E-state index is 12.8. The third kappa shape index (κ3) is 3.86. The molecule has 2 fully saturated rings. The van der Waals surface area contributed by atoms with Crippen molar-refractivity contribution in [3.05, 3.63) is 42.1 Å². The molecule has 7 heteroatoms. The van der Waals surface area contributed by atoms with Gasteiger partial charge in [0.2, 0.25) is 11.8 Å². The first-order chi connectivity index (χ1) is 13.7. The summed E-state index contributed by atoms with van der Waals surface area (Å²) < 4.78 is 0. The van der Waals surface area contributed by atoms with E-state index in [9.17, 15) is 9.59 Å². The van der Waals surface area contributed by atoms with Gasteiger partial charge in [0, 0.05) is 30.7 Å². The molecule has 2 amide bonds. The molecule has 7 nitrogen and oxygen atoms in total. The number of aromatic nitrogens is 1. The lowest BCUT2D eigenvalue weighted by Gasteiger charge is -2.34. The van der Waals surface area contributed by atoms with Crippen molar-refractivity contribution in [1.82, 2.24) is 20.5 Å². The van der Waals surface area contributed by atoms with Crippen LogP contribution in [0.2, 0.25) is 0 Å². The lowest BCUT2D eigenvalue weighted by atomic mass is 10.0. The Balaban J connectivity index is 1.36. The van der Waals surface area contributed by atoms with Crippen molar-refractivity contribution in [3.63, 3.8) is 0 Å². The molecule has 148 valence electrons. The number of hydrogen-bond acceptors (Lipinski definition) is 5. The van der Waals surface area contributed by atoms with Crippen LogP contribution in [0.5, 0.6) is 0 Å². The number of unbranched alkanes of at least 4 members (excludes halogenated alkanes) is 1. The zero-order valence-corrected chi connectivity index (χ0v) is 15.9. The van der Waals surface area contributed by atoms with Gasteiger partial charge in [0.25, 0.3) is 0 Å². The number of carbonyl (C=O) groups is 2. The maximum Gasteiger partial charge on any atom is 0.245 e. The number of benzene rings is 1. The molecule has 4 rings (SSSR count). The number of rotatable bonds is 7. The Labute approximate surface area is 164 Å². The fourth-order valence-corrected chi connectivity index (χ4v) is 4.19. The van der Waals surface area contributed by atoms with Gasteiger partial charge < -0.3 is 21.3 Å². The van der Waals surface area contributed by atoms with Crippen LogP contribution in [0.25, 0.3) is 10.9 Å². The van der Waals surface area contributed by atoms with Gasteiger partial charge in [-0.2, -0.15) is 0 Å². The van der Waals surface area contributed by atoms with Crippen molar-refractivity contribution in [2.24, 2.45) is 5.73 Å². The summed E-state index contributed by atoms with van der Waals surface area (Å²) in [7, 11) is 0. The molecule has 0 saturated carbocycles. The van der Waals surface area contributed by atoms with Crippen LogP contribution < -0.4 is 16.4 Å². The summed E-state index contributed by atoms with van der Waals surface area (Å²) in [5.74, 6) is 0.0149. The van der Waals surface area contributed by atoms with E-state index < -0.39 is 6.04 Å². The summed E-state index contributed by atoms with van der Waals surface area (Å²) in [6.45, 7) is 1.89. The Morgan fingerprint density at radius 1 is 1.25 bits per heavy atom. The summed E-state index contributed by atoms with van der Waals surface area (Å²) in [6, 6.07) is 9.57. The molecule has 0 aliphatic carbocycles. The highest BCUT2D eigenvalue weighted by Gasteiger charge is 2.45. The summed E-state index contributed by atoms with van der Waals surface area (Å²) >= 11 is 0. The van der Waals surface area contributed by atoms with Crippen molar-refractivity contribution in [2.75, 3.05) is 13.1 Å². The van der Waals surface area contributed by atoms with Crippen LogP contribution >= 0.6 is 0 Å². The second kappa shape index (κ2) is 8.24. The second-order valence-corrected chi connectivity index (χ2v) is 7.70. The normalized spacial score (nSPS) is 24.5. The molecule has 0 radical (unpaired) electrons. The number of nitrogens with two attached hydrogens (primary N) is 1. The number of fused-ring (bicyclic) bond motifs is 2. The molecule has 3 heterocycles. The van der Waals surface area contributed by atoms with Gasteiger partial charge in [-0.1, -0.05) is 12.1 Å². The Kier molecular flexibility index (Phi) is 5.54. The van der Waals surface area contributed by atoms with E-state index in [1.165, 1.54) is 5.56 Å². The van der Waals surface area contributed by atoms with Crippen LogP contribution in [0.1, 0.15) is 31.2 Å². The number of nitrogens with one attached hydrogen (secondary N) is 2. The topological polar surface area (TPSA) is 100 Å². The van der Waals surface area contributed by atoms with Crippen molar-refractivity contribution in [2.45, 2.75) is 50.4 Å². The Bertz CT molecular complexity index is 871. The van der Waals surface area contributed by atoms with Gasteiger partial charge in [-0.25, -0.2) is 0 Å². The molecule has 1 aromatic carbocycles. The van der Waals surface area contributed by atoms with Crippen LogP contribution in [0, 0.1) is 0 Å². The van der Waals surface area contributed by atoms with E-state index in [1.54, 1.807) is 11.1 Å². The summed E-state index contributed by atoms with van der Waals surface area (Å²) in [5, 5.41) is 7.53. The summed E-state index contributed by atoms with van der Waals surface area (Å²) in [5.41, 5.74) is 7.67. The molecule has 4 N–H and O–H groups in total. The molecular weight excluding hydrogens is 354 g/mol. The highest BCUT2D eigenvalue weighted by Crippen LogP contribution is 2.24. The van der Waals surface area contributed by atoms with E-state index in [0.29, 0.717) is 32.5 Å². The third-order valence-electron chi connectivity index (χ3n) is 5.71. The quantitative estimate of drug-likeness (QED) is 0.620. The van der Waals surface area contributed by atoms with E-state index in [-0.39, 0.29) is 23.9 Å². The molecule has 1 aromatic heterocycles. The molecule has 0 unspecified atom stereocenters. The number of amides is 2. The smallest absolute Gasteiger partial charge is 0.245 e. The molecule has 0 bridgehead atoms. The van der Waals surface area contributed by atoms with E-state index in [1.807, 2.05) is 12.1 Å². The van der Waals surface area contributed by atoms with Crippen molar-refractivity contribution in [3.8, 4) is 0 Å². The fraction of sp³-hybridized carbons (Fsp3) is 0.476. The minimum absolute atomic E-state index is 0.0292. The van der Waals surface area contributed by atoms with Crippen LogP contribution in [-0.2, 0) is 16.1 Å². The lowest BCUT2D eigenvalue weighted by molar-refractivity contribution is -0.147. The zero-order valence-electron chi connectivity index (χ0n) is 15.9. The number of nitrogens with zero attached hydrogens (tertiary/aromatic N) is 2. The Hall–Kier alpha value is -2.51. The Morgan fingerprint density at radius 3 is 3.00 bits per heavy atom. The van der Waals surface area contributed by atoms with Gasteiger partial charge in [0.05, 0.1) is 5.52 Å². The number of pyridine rings is 1. The average molecular weight is 381 g/mol. The number of hydrogen-bond donors (Lipinski definition) is 3. The second-order valence-electron chi connectivity index (χ2n) is 7.70. The first kappa shape index (κ1) is 18.8. The molecule has 2 aliphatic rings. The minimum atomic E-state index is -0.401. The third-order valence-corrected chi connectivity index (χ3v) is 5.71.